The van der Waals surface area contributed by atoms with Gasteiger partial charge in [-0.25, -0.2) is 4.79 Å². The third-order valence-corrected chi connectivity index (χ3v) is 8.29. The van der Waals surface area contributed by atoms with Gasteiger partial charge in [0.1, 0.15) is 5.70 Å². The van der Waals surface area contributed by atoms with Gasteiger partial charge in [0.05, 0.1) is 17.4 Å². The van der Waals surface area contributed by atoms with E-state index in [4.69, 9.17) is 4.74 Å². The first-order valence-corrected chi connectivity index (χ1v) is 15.9. The van der Waals surface area contributed by atoms with E-state index in [0.29, 0.717) is 28.9 Å². The minimum atomic E-state index is -0.500. The summed E-state index contributed by atoms with van der Waals surface area (Å²) in [7, 11) is 0. The molecule has 0 aromatic heterocycles. The van der Waals surface area contributed by atoms with Crippen molar-refractivity contribution in [2.75, 3.05) is 17.2 Å². The van der Waals surface area contributed by atoms with Crippen LogP contribution in [0.5, 0.6) is 0 Å². The summed E-state index contributed by atoms with van der Waals surface area (Å²) in [5.74, 6) is -1.52. The van der Waals surface area contributed by atoms with E-state index in [-0.39, 0.29) is 18.2 Å². The zero-order valence-electron chi connectivity index (χ0n) is 24.7. The Morgan fingerprint density at radius 1 is 0.800 bits per heavy atom. The highest BCUT2D eigenvalue weighted by molar-refractivity contribution is 9.10. The van der Waals surface area contributed by atoms with Gasteiger partial charge in [0.15, 0.2) is 0 Å². The average molecular weight is 687 g/mol. The molecule has 0 aliphatic rings. The second-order valence-corrected chi connectivity index (χ2v) is 11.9. The van der Waals surface area contributed by atoms with Crippen molar-refractivity contribution in [3.63, 3.8) is 0 Å². The number of hydrogen-bond donors (Lipinski definition) is 3. The van der Waals surface area contributed by atoms with Crippen LogP contribution in [0.1, 0.15) is 46.5 Å². The van der Waals surface area contributed by atoms with Gasteiger partial charge in [-0.3, -0.25) is 14.4 Å². The Bertz CT molecular complexity index is 1680. The lowest BCUT2D eigenvalue weighted by Gasteiger charge is -2.16. The number of ether oxygens (including phenoxy) is 1. The van der Waals surface area contributed by atoms with Crippen LogP contribution in [-0.2, 0) is 14.3 Å². The summed E-state index contributed by atoms with van der Waals surface area (Å²) >= 11 is 4.78. The van der Waals surface area contributed by atoms with Gasteiger partial charge in [0, 0.05) is 26.3 Å². The molecule has 4 aromatic rings. The van der Waals surface area contributed by atoms with Crippen LogP contribution in [-0.4, -0.2) is 35.5 Å². The van der Waals surface area contributed by atoms with Crippen molar-refractivity contribution in [1.82, 2.24) is 5.32 Å². The molecule has 0 saturated heterocycles. The number of hydrogen-bond acceptors (Lipinski definition) is 6. The van der Waals surface area contributed by atoms with Crippen molar-refractivity contribution in [2.45, 2.75) is 30.4 Å². The quantitative estimate of drug-likeness (QED) is 0.0807. The van der Waals surface area contributed by atoms with E-state index in [2.05, 4.69) is 31.9 Å². The summed E-state index contributed by atoms with van der Waals surface area (Å²) in [6.45, 7) is 3.94. The van der Waals surface area contributed by atoms with E-state index in [9.17, 15) is 19.2 Å². The molecular formula is C35H32BrN3O5S. The molecule has 1 unspecified atom stereocenters. The van der Waals surface area contributed by atoms with Gasteiger partial charge >= 0.3 is 5.97 Å². The molecule has 0 radical (unpaired) electrons. The molecule has 0 aliphatic carbocycles. The van der Waals surface area contributed by atoms with E-state index >= 15 is 0 Å². The number of carbonyl (C=O) groups excluding carboxylic acids is 4. The lowest BCUT2D eigenvalue weighted by Crippen LogP contribution is -2.30. The Balaban J connectivity index is 1.45. The fourth-order valence-electron chi connectivity index (χ4n) is 4.13. The second kappa shape index (κ2) is 16.4. The van der Waals surface area contributed by atoms with Gasteiger partial charge in [-0.05, 0) is 91.7 Å². The summed E-state index contributed by atoms with van der Waals surface area (Å²) in [6, 6.07) is 29.7. The molecular weight excluding hydrogens is 654 g/mol. The lowest BCUT2D eigenvalue weighted by atomic mass is 10.1. The number of anilines is 2. The zero-order valence-corrected chi connectivity index (χ0v) is 27.1. The number of benzene rings is 4. The molecule has 0 heterocycles. The topological polar surface area (TPSA) is 114 Å². The number of amides is 3. The lowest BCUT2D eigenvalue weighted by molar-refractivity contribution is -0.116. The molecule has 4 rings (SSSR count). The predicted molar refractivity (Wildman–Crippen MR) is 182 cm³/mol. The highest BCUT2D eigenvalue weighted by Gasteiger charge is 2.20. The third-order valence-electron chi connectivity index (χ3n) is 6.41. The molecule has 230 valence electrons. The zero-order chi connectivity index (χ0) is 32.2. The Hall–Kier alpha value is -4.67. The molecule has 3 amide bonds. The third kappa shape index (κ3) is 9.92. The minimum Gasteiger partial charge on any atom is -0.462 e. The molecule has 10 heteroatoms. The van der Waals surface area contributed by atoms with Crippen LogP contribution >= 0.6 is 27.7 Å². The molecule has 3 N–H and O–H groups in total. The smallest absolute Gasteiger partial charge is 0.338 e. The Morgan fingerprint density at radius 3 is 2.18 bits per heavy atom. The van der Waals surface area contributed by atoms with Crippen molar-refractivity contribution in [3.05, 3.63) is 130 Å². The van der Waals surface area contributed by atoms with Gasteiger partial charge in [-0.1, -0.05) is 59.3 Å². The molecule has 0 aliphatic heterocycles. The maximum absolute atomic E-state index is 13.5. The van der Waals surface area contributed by atoms with Crippen LogP contribution in [0.25, 0.3) is 6.08 Å². The van der Waals surface area contributed by atoms with Gasteiger partial charge in [-0.2, -0.15) is 0 Å². The van der Waals surface area contributed by atoms with Crippen LogP contribution in [0.4, 0.5) is 11.4 Å². The normalized spacial score (nSPS) is 11.7. The highest BCUT2D eigenvalue weighted by atomic mass is 79.9. The SMILES string of the molecule is CCOC(=O)c1ccc(NC(=O)C(CC)Sc2cccc(NC(=O)/C(=C/c3ccc(Br)cc3)NC(=O)c3ccccc3)c2)cc1. The predicted octanol–water partition coefficient (Wildman–Crippen LogP) is 7.54. The largest absolute Gasteiger partial charge is 0.462 e. The highest BCUT2D eigenvalue weighted by Crippen LogP contribution is 2.29. The minimum absolute atomic E-state index is 0.0732. The fourth-order valence-corrected chi connectivity index (χ4v) is 5.40. The van der Waals surface area contributed by atoms with Crippen LogP contribution < -0.4 is 16.0 Å². The first-order chi connectivity index (χ1) is 21.7. The number of halogens is 1. The number of esters is 1. The summed E-state index contributed by atoms with van der Waals surface area (Å²) in [4.78, 5) is 52.2. The molecule has 4 aromatic carbocycles. The molecule has 0 fully saturated rings. The summed E-state index contributed by atoms with van der Waals surface area (Å²) in [5.41, 5.74) is 2.70. The van der Waals surface area contributed by atoms with E-state index in [0.717, 1.165) is 14.9 Å². The summed E-state index contributed by atoms with van der Waals surface area (Å²) in [6.07, 6.45) is 2.16. The average Bonchev–Trinajstić information content (AvgIpc) is 3.05. The van der Waals surface area contributed by atoms with E-state index in [1.807, 2.05) is 43.3 Å². The summed E-state index contributed by atoms with van der Waals surface area (Å²) in [5, 5.41) is 8.09. The van der Waals surface area contributed by atoms with E-state index in [1.54, 1.807) is 79.7 Å². The summed E-state index contributed by atoms with van der Waals surface area (Å²) < 4.78 is 5.89. The first kappa shape index (κ1) is 33.2. The second-order valence-electron chi connectivity index (χ2n) is 9.71. The number of rotatable bonds is 12. The van der Waals surface area contributed by atoms with Crippen molar-refractivity contribution in [2.24, 2.45) is 0 Å². The fraction of sp³-hybridized carbons (Fsp3) is 0.143. The number of thioether (sulfide) groups is 1. The van der Waals surface area contributed by atoms with Crippen molar-refractivity contribution in [3.8, 4) is 0 Å². The van der Waals surface area contributed by atoms with Crippen LogP contribution in [0.3, 0.4) is 0 Å². The Kier molecular flexibility index (Phi) is 12.1. The standard InChI is InChI=1S/C35H32BrN3O5S/c1-3-31(34(42)37-27-19-15-25(16-20-27)35(43)44-4-2)45-29-12-8-11-28(22-29)38-33(41)30(21-23-13-17-26(36)18-14-23)39-32(40)24-9-6-5-7-10-24/h5-22,31H,3-4H2,1-2H3,(H,37,42)(H,38,41)(H,39,40)/b30-21-. The van der Waals surface area contributed by atoms with Crippen molar-refractivity contribution < 1.29 is 23.9 Å². The molecule has 45 heavy (non-hydrogen) atoms. The van der Waals surface area contributed by atoms with Crippen molar-refractivity contribution >= 4 is 68.8 Å². The van der Waals surface area contributed by atoms with Gasteiger partial charge < -0.3 is 20.7 Å². The number of nitrogens with one attached hydrogen (secondary N) is 3. The molecule has 0 spiro atoms. The number of carbonyl (C=O) groups is 4. The van der Waals surface area contributed by atoms with Crippen LogP contribution in [0.15, 0.2) is 118 Å². The molecule has 0 bridgehead atoms. The van der Waals surface area contributed by atoms with Crippen LogP contribution in [0, 0.1) is 0 Å². The molecule has 8 nitrogen and oxygen atoms in total. The van der Waals surface area contributed by atoms with Gasteiger partial charge in [-0.15, -0.1) is 11.8 Å². The van der Waals surface area contributed by atoms with E-state index in [1.165, 1.54) is 11.8 Å². The van der Waals surface area contributed by atoms with Gasteiger partial charge in [0.25, 0.3) is 11.8 Å². The van der Waals surface area contributed by atoms with Crippen molar-refractivity contribution in [1.29, 1.82) is 0 Å². The van der Waals surface area contributed by atoms with Gasteiger partial charge in [0.2, 0.25) is 5.91 Å². The Labute approximate surface area is 274 Å². The first-order valence-electron chi connectivity index (χ1n) is 14.3. The molecule has 1 atom stereocenters. The monoisotopic (exact) mass is 685 g/mol. The Morgan fingerprint density at radius 2 is 1.51 bits per heavy atom. The maximum Gasteiger partial charge on any atom is 0.338 e. The van der Waals surface area contributed by atoms with E-state index < -0.39 is 23.0 Å². The van der Waals surface area contributed by atoms with Crippen LogP contribution in [0.2, 0.25) is 0 Å². The molecule has 0 saturated carbocycles. The maximum atomic E-state index is 13.5.